The Morgan fingerprint density at radius 1 is 1.09 bits per heavy atom. The highest BCUT2D eigenvalue weighted by Gasteiger charge is 2.36. The third kappa shape index (κ3) is 4.42. The first-order chi connectivity index (χ1) is 15.9. The van der Waals surface area contributed by atoms with Crippen LogP contribution in [0, 0.1) is 10.7 Å². The van der Waals surface area contributed by atoms with E-state index in [4.69, 9.17) is 26.4 Å². The summed E-state index contributed by atoms with van der Waals surface area (Å²) in [4.78, 5) is 30.2. The van der Waals surface area contributed by atoms with Gasteiger partial charge in [0.05, 0.1) is 32.9 Å². The molecule has 2 heterocycles. The van der Waals surface area contributed by atoms with Crippen molar-refractivity contribution < 1.29 is 23.8 Å². The van der Waals surface area contributed by atoms with E-state index < -0.39 is 5.92 Å². The Morgan fingerprint density at radius 2 is 1.82 bits per heavy atom. The lowest BCUT2D eigenvalue weighted by Gasteiger charge is -2.20. The van der Waals surface area contributed by atoms with Crippen molar-refractivity contribution in [2.24, 2.45) is 5.92 Å². The topological polar surface area (TPSA) is 97.8 Å². The van der Waals surface area contributed by atoms with Crippen molar-refractivity contribution in [1.82, 2.24) is 9.55 Å². The lowest BCUT2D eigenvalue weighted by molar-refractivity contribution is -0.122. The number of anilines is 2. The molecule has 33 heavy (non-hydrogen) atoms. The van der Waals surface area contributed by atoms with Crippen LogP contribution >= 0.6 is 12.2 Å². The Bertz CT molecular complexity index is 1230. The Morgan fingerprint density at radius 3 is 2.42 bits per heavy atom. The fourth-order valence-corrected chi connectivity index (χ4v) is 4.09. The fourth-order valence-electron chi connectivity index (χ4n) is 3.86. The molecule has 0 saturated carbocycles. The third-order valence-corrected chi connectivity index (χ3v) is 5.81. The molecule has 0 spiro atoms. The van der Waals surface area contributed by atoms with Gasteiger partial charge in [0.25, 0.3) is 0 Å². The van der Waals surface area contributed by atoms with Gasteiger partial charge in [0.2, 0.25) is 17.6 Å². The smallest absolute Gasteiger partial charge is 0.229 e. The number of rotatable bonds is 7. The summed E-state index contributed by atoms with van der Waals surface area (Å²) in [5, 5.41) is 2.92. The molecule has 1 unspecified atom stereocenters. The van der Waals surface area contributed by atoms with Gasteiger partial charge in [0.1, 0.15) is 0 Å². The van der Waals surface area contributed by atoms with E-state index in [1.54, 1.807) is 33.9 Å². The summed E-state index contributed by atoms with van der Waals surface area (Å²) in [6, 6.07) is 10.8. The number of hydrogen-bond acceptors (Lipinski definition) is 6. The van der Waals surface area contributed by atoms with Gasteiger partial charge in [-0.15, -0.1) is 0 Å². The van der Waals surface area contributed by atoms with Crippen LogP contribution in [0.2, 0.25) is 0 Å². The van der Waals surface area contributed by atoms with Gasteiger partial charge < -0.3 is 29.4 Å². The van der Waals surface area contributed by atoms with Crippen LogP contribution in [-0.2, 0) is 9.59 Å². The Hall–Kier alpha value is -3.79. The molecule has 1 aromatic heterocycles. The number of benzene rings is 2. The van der Waals surface area contributed by atoms with Gasteiger partial charge >= 0.3 is 0 Å². The third-order valence-electron chi connectivity index (χ3n) is 5.50. The van der Waals surface area contributed by atoms with Crippen molar-refractivity contribution >= 4 is 35.4 Å². The second-order valence-corrected chi connectivity index (χ2v) is 7.85. The van der Waals surface area contributed by atoms with Crippen LogP contribution in [0.15, 0.2) is 48.8 Å². The lowest BCUT2D eigenvalue weighted by atomic mass is 10.1. The van der Waals surface area contributed by atoms with E-state index in [-0.39, 0.29) is 24.8 Å². The van der Waals surface area contributed by atoms with Crippen LogP contribution in [0.5, 0.6) is 17.2 Å². The second kappa shape index (κ2) is 9.37. The highest BCUT2D eigenvalue weighted by molar-refractivity contribution is 7.71. The number of H-pyrrole nitrogens is 1. The first kappa shape index (κ1) is 22.4. The predicted octanol–water partition coefficient (Wildman–Crippen LogP) is 3.55. The standard InChI is InChI=1S/C23H24N4O5S/c1-30-18-11-17(12-19(31-2)21(18)32-3)27-13-14(9-20(27)28)22(29)25-15-5-4-6-16(10-15)26-8-7-24-23(26)33/h4-8,10-12,14H,9,13H2,1-3H3,(H,24,33)(H,25,29). The molecule has 2 amide bonds. The Kier molecular flexibility index (Phi) is 6.36. The molecular formula is C23H24N4O5S. The molecule has 0 aliphatic carbocycles. The van der Waals surface area contributed by atoms with Gasteiger partial charge in [-0.3, -0.25) is 14.2 Å². The average Bonchev–Trinajstić information content (AvgIpc) is 3.43. The zero-order valence-electron chi connectivity index (χ0n) is 18.5. The number of nitrogens with zero attached hydrogens (tertiary/aromatic N) is 2. The SMILES string of the molecule is COc1cc(N2CC(C(=O)Nc3cccc(-n4cc[nH]c4=S)c3)CC2=O)cc(OC)c1OC. The van der Waals surface area contributed by atoms with Crippen molar-refractivity contribution in [1.29, 1.82) is 0 Å². The number of aromatic nitrogens is 2. The number of amides is 2. The summed E-state index contributed by atoms with van der Waals surface area (Å²) >= 11 is 5.26. The summed E-state index contributed by atoms with van der Waals surface area (Å²) in [6.45, 7) is 0.242. The van der Waals surface area contributed by atoms with Crippen LogP contribution < -0.4 is 24.4 Å². The molecule has 2 aromatic carbocycles. The van der Waals surface area contributed by atoms with E-state index in [1.165, 1.54) is 21.3 Å². The van der Waals surface area contributed by atoms with Crippen LogP contribution in [-0.4, -0.2) is 49.2 Å². The first-order valence-electron chi connectivity index (χ1n) is 10.2. The van der Waals surface area contributed by atoms with Gasteiger partial charge in [-0.2, -0.15) is 0 Å². The first-order valence-corrected chi connectivity index (χ1v) is 10.6. The maximum Gasteiger partial charge on any atom is 0.229 e. The van der Waals surface area contributed by atoms with Gasteiger partial charge in [0.15, 0.2) is 16.3 Å². The van der Waals surface area contributed by atoms with Crippen molar-refractivity contribution in [3.63, 3.8) is 0 Å². The molecule has 0 radical (unpaired) electrons. The largest absolute Gasteiger partial charge is 0.493 e. The average molecular weight is 469 g/mol. The fraction of sp³-hybridized carbons (Fsp3) is 0.261. The van der Waals surface area contributed by atoms with Crippen molar-refractivity contribution in [2.75, 3.05) is 38.1 Å². The summed E-state index contributed by atoms with van der Waals surface area (Å²) in [5.41, 5.74) is 2.02. The maximum atomic E-state index is 13.0. The van der Waals surface area contributed by atoms with Gasteiger partial charge in [-0.25, -0.2) is 0 Å². The highest BCUT2D eigenvalue weighted by Crippen LogP contribution is 2.42. The minimum absolute atomic E-state index is 0.102. The minimum Gasteiger partial charge on any atom is -0.493 e. The maximum absolute atomic E-state index is 13.0. The quantitative estimate of drug-likeness (QED) is 0.515. The van der Waals surface area contributed by atoms with Crippen LogP contribution in [0.3, 0.4) is 0 Å². The number of hydrogen-bond donors (Lipinski definition) is 2. The molecule has 1 atom stereocenters. The second-order valence-electron chi connectivity index (χ2n) is 7.46. The summed E-state index contributed by atoms with van der Waals surface area (Å²) in [5.74, 6) is 0.423. The highest BCUT2D eigenvalue weighted by atomic mass is 32.1. The molecule has 10 heteroatoms. The summed E-state index contributed by atoms with van der Waals surface area (Å²) in [6.07, 6.45) is 3.66. The predicted molar refractivity (Wildman–Crippen MR) is 126 cm³/mol. The number of aromatic amines is 1. The molecule has 4 rings (SSSR count). The van der Waals surface area contributed by atoms with E-state index in [9.17, 15) is 9.59 Å². The molecule has 1 saturated heterocycles. The van der Waals surface area contributed by atoms with Gasteiger partial charge in [-0.05, 0) is 30.4 Å². The lowest BCUT2D eigenvalue weighted by Crippen LogP contribution is -2.28. The van der Waals surface area contributed by atoms with E-state index in [2.05, 4.69) is 10.3 Å². The van der Waals surface area contributed by atoms with Crippen LogP contribution in [0.1, 0.15) is 6.42 Å². The zero-order chi connectivity index (χ0) is 23.5. The molecular weight excluding hydrogens is 444 g/mol. The molecule has 9 nitrogen and oxygen atoms in total. The molecule has 1 aliphatic rings. The number of imidazole rings is 1. The Labute approximate surface area is 195 Å². The number of ether oxygens (including phenoxy) is 3. The monoisotopic (exact) mass is 468 g/mol. The van der Waals surface area contributed by atoms with E-state index in [0.717, 1.165) is 5.69 Å². The van der Waals surface area contributed by atoms with Gasteiger partial charge in [-0.1, -0.05) is 6.07 Å². The number of carbonyl (C=O) groups excluding carboxylic acids is 2. The van der Waals surface area contributed by atoms with E-state index in [1.807, 2.05) is 24.4 Å². The number of nitrogens with one attached hydrogen (secondary N) is 2. The molecule has 0 bridgehead atoms. The van der Waals surface area contributed by atoms with Crippen LogP contribution in [0.4, 0.5) is 11.4 Å². The molecule has 1 aliphatic heterocycles. The van der Waals surface area contributed by atoms with E-state index in [0.29, 0.717) is 33.4 Å². The molecule has 3 aromatic rings. The summed E-state index contributed by atoms with van der Waals surface area (Å²) in [7, 11) is 4.54. The molecule has 2 N–H and O–H groups in total. The van der Waals surface area contributed by atoms with Crippen molar-refractivity contribution in [3.8, 4) is 22.9 Å². The summed E-state index contributed by atoms with van der Waals surface area (Å²) < 4.78 is 18.5. The van der Waals surface area contributed by atoms with Gasteiger partial charge in [0, 0.05) is 48.9 Å². The zero-order valence-corrected chi connectivity index (χ0v) is 19.3. The normalized spacial score (nSPS) is 15.4. The Balaban J connectivity index is 1.52. The molecule has 1 fully saturated rings. The van der Waals surface area contributed by atoms with E-state index >= 15 is 0 Å². The minimum atomic E-state index is -0.505. The van der Waals surface area contributed by atoms with Crippen molar-refractivity contribution in [2.45, 2.75) is 6.42 Å². The van der Waals surface area contributed by atoms with Crippen molar-refractivity contribution in [3.05, 3.63) is 53.6 Å². The number of methoxy groups -OCH3 is 3. The van der Waals surface area contributed by atoms with Crippen LogP contribution in [0.25, 0.3) is 5.69 Å². The number of carbonyl (C=O) groups is 2. The molecule has 172 valence electrons.